The second kappa shape index (κ2) is 6.41. The first-order valence-corrected chi connectivity index (χ1v) is 6.95. The van der Waals surface area contributed by atoms with Crippen molar-refractivity contribution in [2.24, 2.45) is 0 Å². The quantitative estimate of drug-likeness (QED) is 0.923. The number of halogens is 2. The topological polar surface area (TPSA) is 60.9 Å². The Morgan fingerprint density at radius 3 is 2.38 bits per heavy atom. The Kier molecular flexibility index (Phi) is 4.80. The van der Waals surface area contributed by atoms with Gasteiger partial charge >= 0.3 is 5.97 Å². The molecule has 2 rings (SSSR count). The lowest BCUT2D eigenvalue weighted by Gasteiger charge is -2.37. The van der Waals surface area contributed by atoms with Crippen LogP contribution in [0, 0.1) is 5.82 Å². The van der Waals surface area contributed by atoms with Crippen molar-refractivity contribution in [3.63, 3.8) is 0 Å². The zero-order valence-corrected chi connectivity index (χ0v) is 12.3. The van der Waals surface area contributed by atoms with Crippen molar-refractivity contribution in [3.8, 4) is 0 Å². The predicted octanol–water partition coefficient (Wildman–Crippen LogP) is 1.77. The maximum absolute atomic E-state index is 13.5. The van der Waals surface area contributed by atoms with E-state index in [1.54, 1.807) is 9.80 Å². The van der Waals surface area contributed by atoms with Gasteiger partial charge in [0.05, 0.1) is 5.02 Å². The molecule has 21 heavy (non-hydrogen) atoms. The molecule has 114 valence electrons. The summed E-state index contributed by atoms with van der Waals surface area (Å²) in [7, 11) is 0. The van der Waals surface area contributed by atoms with Crippen LogP contribution in [0.25, 0.3) is 0 Å². The van der Waals surface area contributed by atoms with Crippen LogP contribution in [0.1, 0.15) is 18.5 Å². The average Bonchev–Trinajstić information content (AvgIpc) is 2.43. The summed E-state index contributed by atoms with van der Waals surface area (Å²) in [5.41, 5.74) is 0.348. The number of carboxylic acid groups (broad SMARTS) is 1. The molecule has 1 aliphatic heterocycles. The van der Waals surface area contributed by atoms with Crippen molar-refractivity contribution in [2.45, 2.75) is 13.0 Å². The number of nitrogens with zero attached hydrogens (tertiary/aromatic N) is 2. The van der Waals surface area contributed by atoms with Crippen LogP contribution in [-0.2, 0) is 9.59 Å². The minimum atomic E-state index is -1.05. The number of piperazine rings is 1. The first kappa shape index (κ1) is 15.7. The Morgan fingerprint density at radius 1 is 1.29 bits per heavy atom. The maximum Gasteiger partial charge on any atom is 0.325 e. The number of hydrogen-bond acceptors (Lipinski definition) is 3. The van der Waals surface area contributed by atoms with Crippen LogP contribution in [0.15, 0.2) is 18.2 Å². The Morgan fingerprint density at radius 2 is 1.90 bits per heavy atom. The van der Waals surface area contributed by atoms with Crippen LogP contribution >= 0.6 is 11.6 Å². The molecule has 0 bridgehead atoms. The van der Waals surface area contributed by atoms with Crippen molar-refractivity contribution in [3.05, 3.63) is 34.6 Å². The van der Waals surface area contributed by atoms with Gasteiger partial charge in [0.15, 0.2) is 0 Å². The summed E-state index contributed by atoms with van der Waals surface area (Å²) < 4.78 is 13.5. The summed E-state index contributed by atoms with van der Waals surface area (Å²) in [6, 6.07) is 3.08. The summed E-state index contributed by atoms with van der Waals surface area (Å²) in [6.45, 7) is 3.28. The van der Waals surface area contributed by atoms with Gasteiger partial charge in [-0.15, -0.1) is 0 Å². The molecule has 0 aliphatic carbocycles. The third-order valence-corrected chi connectivity index (χ3v) is 3.92. The number of amides is 1. The minimum Gasteiger partial charge on any atom is -0.480 e. The van der Waals surface area contributed by atoms with E-state index in [0.29, 0.717) is 31.7 Å². The number of hydrogen-bond donors (Lipinski definition) is 1. The van der Waals surface area contributed by atoms with Crippen molar-refractivity contribution in [1.82, 2.24) is 9.80 Å². The van der Waals surface area contributed by atoms with Gasteiger partial charge in [-0.1, -0.05) is 17.7 Å². The Hall–Kier alpha value is -1.66. The molecular formula is C14H16ClFN2O3. The molecule has 1 atom stereocenters. The number of carbonyl (C=O) groups is 2. The van der Waals surface area contributed by atoms with E-state index in [9.17, 15) is 19.1 Å². The van der Waals surface area contributed by atoms with E-state index in [2.05, 4.69) is 0 Å². The summed E-state index contributed by atoms with van der Waals surface area (Å²) in [5, 5.41) is 9.40. The zero-order chi connectivity index (χ0) is 15.6. The van der Waals surface area contributed by atoms with Crippen molar-refractivity contribution in [1.29, 1.82) is 0 Å². The third-order valence-electron chi connectivity index (χ3n) is 3.62. The first-order chi connectivity index (χ1) is 9.90. The first-order valence-electron chi connectivity index (χ1n) is 6.57. The molecule has 1 fully saturated rings. The Bertz CT molecular complexity index is 559. The van der Waals surface area contributed by atoms with Crippen molar-refractivity contribution >= 4 is 23.5 Å². The number of rotatable bonds is 3. The zero-order valence-electron chi connectivity index (χ0n) is 11.6. The second-order valence-corrected chi connectivity index (χ2v) is 5.36. The van der Waals surface area contributed by atoms with Gasteiger partial charge in [-0.3, -0.25) is 14.5 Å². The van der Waals surface area contributed by atoms with Crippen LogP contribution in [0.5, 0.6) is 0 Å². The van der Waals surface area contributed by atoms with Crippen molar-refractivity contribution in [2.75, 3.05) is 26.2 Å². The SMILES string of the molecule is CC(=O)N1CCN([C@@H](C(=O)O)c2ccc(Cl)c(F)c2)CC1. The lowest BCUT2D eigenvalue weighted by atomic mass is 10.0. The van der Waals surface area contributed by atoms with Gasteiger partial charge < -0.3 is 10.0 Å². The van der Waals surface area contributed by atoms with Gasteiger partial charge in [-0.05, 0) is 17.7 Å². The molecule has 0 spiro atoms. The highest BCUT2D eigenvalue weighted by Crippen LogP contribution is 2.26. The molecule has 0 radical (unpaired) electrons. The highest BCUT2D eigenvalue weighted by Gasteiger charge is 2.31. The van der Waals surface area contributed by atoms with E-state index >= 15 is 0 Å². The van der Waals surface area contributed by atoms with Crippen LogP contribution in [0.3, 0.4) is 0 Å². The molecule has 1 saturated heterocycles. The van der Waals surface area contributed by atoms with Gasteiger partial charge in [0.2, 0.25) is 5.91 Å². The standard InChI is InChI=1S/C14H16ClFN2O3/c1-9(19)17-4-6-18(7-5-17)13(14(20)21)10-2-3-11(15)12(16)8-10/h2-3,8,13H,4-7H2,1H3,(H,20,21)/t13-/m1/s1. The number of carbonyl (C=O) groups excluding carboxylic acids is 1. The van der Waals surface area contributed by atoms with E-state index in [4.69, 9.17) is 11.6 Å². The van der Waals surface area contributed by atoms with E-state index in [1.807, 2.05) is 0 Å². The lowest BCUT2D eigenvalue weighted by Crippen LogP contribution is -2.50. The molecule has 0 unspecified atom stereocenters. The third kappa shape index (κ3) is 3.51. The van der Waals surface area contributed by atoms with Crippen LogP contribution in [0.2, 0.25) is 5.02 Å². The monoisotopic (exact) mass is 314 g/mol. The Balaban J connectivity index is 2.18. The van der Waals surface area contributed by atoms with E-state index < -0.39 is 17.8 Å². The lowest BCUT2D eigenvalue weighted by molar-refractivity contribution is -0.145. The fraction of sp³-hybridized carbons (Fsp3) is 0.429. The molecule has 0 saturated carbocycles. The van der Waals surface area contributed by atoms with Crippen molar-refractivity contribution < 1.29 is 19.1 Å². The number of benzene rings is 1. The van der Waals surface area contributed by atoms with E-state index in [-0.39, 0.29) is 10.9 Å². The van der Waals surface area contributed by atoms with Crippen LogP contribution in [0.4, 0.5) is 4.39 Å². The van der Waals surface area contributed by atoms with Gasteiger partial charge in [0, 0.05) is 33.1 Å². The second-order valence-electron chi connectivity index (χ2n) is 4.96. The molecule has 7 heteroatoms. The minimum absolute atomic E-state index is 0.0286. The summed E-state index contributed by atoms with van der Waals surface area (Å²) in [5.74, 6) is -1.71. The van der Waals surface area contributed by atoms with Gasteiger partial charge in [-0.25, -0.2) is 4.39 Å². The van der Waals surface area contributed by atoms with Crippen LogP contribution < -0.4 is 0 Å². The van der Waals surface area contributed by atoms with Gasteiger partial charge in [0.25, 0.3) is 0 Å². The molecule has 1 amide bonds. The Labute approximate surface area is 126 Å². The smallest absolute Gasteiger partial charge is 0.325 e. The fourth-order valence-corrected chi connectivity index (χ4v) is 2.60. The highest BCUT2D eigenvalue weighted by molar-refractivity contribution is 6.30. The molecule has 1 heterocycles. The fourth-order valence-electron chi connectivity index (χ4n) is 2.49. The molecule has 1 aromatic rings. The van der Waals surface area contributed by atoms with Crippen LogP contribution in [-0.4, -0.2) is 53.0 Å². The maximum atomic E-state index is 13.5. The molecule has 1 aliphatic rings. The number of carboxylic acids is 1. The van der Waals surface area contributed by atoms with E-state index in [0.717, 1.165) is 6.07 Å². The summed E-state index contributed by atoms with van der Waals surface area (Å²) >= 11 is 5.62. The van der Waals surface area contributed by atoms with Gasteiger partial charge in [-0.2, -0.15) is 0 Å². The summed E-state index contributed by atoms with van der Waals surface area (Å²) in [6.07, 6.45) is 0. The average molecular weight is 315 g/mol. The largest absolute Gasteiger partial charge is 0.480 e. The predicted molar refractivity (Wildman–Crippen MR) is 75.6 cm³/mol. The molecule has 0 aromatic heterocycles. The molecule has 1 aromatic carbocycles. The molecule has 5 nitrogen and oxygen atoms in total. The summed E-state index contributed by atoms with van der Waals surface area (Å²) in [4.78, 5) is 26.2. The normalized spacial score (nSPS) is 17.6. The molecule has 1 N–H and O–H groups in total. The number of aliphatic carboxylic acids is 1. The highest BCUT2D eigenvalue weighted by atomic mass is 35.5. The van der Waals surface area contributed by atoms with Gasteiger partial charge in [0.1, 0.15) is 11.9 Å². The van der Waals surface area contributed by atoms with E-state index in [1.165, 1.54) is 19.1 Å². The molecular weight excluding hydrogens is 299 g/mol.